The molecule has 2 aliphatic rings. The van der Waals surface area contributed by atoms with E-state index in [1.165, 1.54) is 4.31 Å². The zero-order valence-electron chi connectivity index (χ0n) is 17.4. The fourth-order valence-electron chi connectivity index (χ4n) is 3.88. The maximum atomic E-state index is 13.1. The van der Waals surface area contributed by atoms with Crippen LogP contribution in [0.4, 0.5) is 11.4 Å². The van der Waals surface area contributed by atoms with Crippen LogP contribution in [-0.4, -0.2) is 44.0 Å². The third-order valence-corrected chi connectivity index (χ3v) is 7.52. The maximum Gasteiger partial charge on any atom is 0.277 e. The Bertz CT molecular complexity index is 1070. The number of amides is 1. The van der Waals surface area contributed by atoms with Crippen LogP contribution < -0.4 is 4.90 Å². The van der Waals surface area contributed by atoms with Gasteiger partial charge in [-0.25, -0.2) is 13.4 Å². The van der Waals surface area contributed by atoms with Gasteiger partial charge in [-0.1, -0.05) is 32.0 Å². The van der Waals surface area contributed by atoms with Crippen molar-refractivity contribution in [2.24, 2.45) is 10.9 Å². The number of hydrogen-bond donors (Lipinski definition) is 0. The molecular weight excluding hydrogens is 398 g/mol. The monoisotopic (exact) mass is 425 g/mol. The Hall–Kier alpha value is -2.51. The normalized spacial score (nSPS) is 18.6. The van der Waals surface area contributed by atoms with Crippen molar-refractivity contribution in [1.82, 2.24) is 4.31 Å². The Balaban J connectivity index is 1.62. The summed E-state index contributed by atoms with van der Waals surface area (Å²) < 4.78 is 26.9. The molecule has 4 rings (SSSR count). The van der Waals surface area contributed by atoms with E-state index in [-0.39, 0.29) is 10.8 Å². The number of hydrogen-bond acceptors (Lipinski definition) is 4. The zero-order valence-corrected chi connectivity index (χ0v) is 18.2. The van der Waals surface area contributed by atoms with Gasteiger partial charge in [-0.15, -0.1) is 0 Å². The molecule has 30 heavy (non-hydrogen) atoms. The van der Waals surface area contributed by atoms with Gasteiger partial charge in [-0.05, 0) is 55.5 Å². The molecule has 1 amide bonds. The Morgan fingerprint density at radius 3 is 2.33 bits per heavy atom. The summed E-state index contributed by atoms with van der Waals surface area (Å²) in [5.41, 5.74) is 2.68. The van der Waals surface area contributed by atoms with Crippen molar-refractivity contribution >= 4 is 33.0 Å². The molecule has 2 aromatic rings. The minimum atomic E-state index is -3.46. The molecular formula is C23H27N3O3S. The number of sulfonamides is 1. The molecule has 7 heteroatoms. The zero-order chi connectivity index (χ0) is 21.3. The first-order chi connectivity index (χ1) is 14.4. The van der Waals surface area contributed by atoms with Gasteiger partial charge in [0.25, 0.3) is 5.91 Å². The topological polar surface area (TPSA) is 70.0 Å². The molecule has 0 aromatic heterocycles. The lowest BCUT2D eigenvalue weighted by molar-refractivity contribution is -0.112. The largest absolute Gasteiger partial charge is 0.306 e. The maximum absolute atomic E-state index is 13.1. The van der Waals surface area contributed by atoms with Crippen molar-refractivity contribution in [1.29, 1.82) is 0 Å². The van der Waals surface area contributed by atoms with Gasteiger partial charge in [0.1, 0.15) is 5.71 Å². The number of para-hydroxylation sites is 1. The predicted molar refractivity (Wildman–Crippen MR) is 119 cm³/mol. The summed E-state index contributed by atoms with van der Waals surface area (Å²) in [5, 5.41) is 0. The molecule has 1 saturated heterocycles. The van der Waals surface area contributed by atoms with E-state index in [1.807, 2.05) is 24.3 Å². The van der Waals surface area contributed by atoms with Gasteiger partial charge in [0.15, 0.2) is 0 Å². The fourth-order valence-corrected chi connectivity index (χ4v) is 5.40. The van der Waals surface area contributed by atoms with Crippen molar-refractivity contribution in [2.45, 2.75) is 38.0 Å². The molecule has 2 aliphatic heterocycles. The van der Waals surface area contributed by atoms with Crippen LogP contribution in [-0.2, 0) is 14.8 Å². The summed E-state index contributed by atoms with van der Waals surface area (Å²) in [6.45, 7) is 6.08. The van der Waals surface area contributed by atoms with E-state index in [2.05, 4.69) is 18.8 Å². The van der Waals surface area contributed by atoms with Gasteiger partial charge in [-0.3, -0.25) is 4.79 Å². The van der Waals surface area contributed by atoms with E-state index < -0.39 is 10.0 Å². The lowest BCUT2D eigenvalue weighted by atomic mass is 10.1. The number of rotatable bonds is 6. The van der Waals surface area contributed by atoms with Crippen LogP contribution in [0.25, 0.3) is 0 Å². The van der Waals surface area contributed by atoms with Crippen molar-refractivity contribution in [3.63, 3.8) is 0 Å². The molecule has 0 saturated carbocycles. The molecule has 6 nitrogen and oxygen atoms in total. The molecule has 0 spiro atoms. The molecule has 158 valence electrons. The Morgan fingerprint density at radius 1 is 1.00 bits per heavy atom. The summed E-state index contributed by atoms with van der Waals surface area (Å²) in [5.74, 6) is 0.390. The lowest BCUT2D eigenvalue weighted by Gasteiger charge is -2.17. The van der Waals surface area contributed by atoms with E-state index in [1.54, 1.807) is 29.2 Å². The van der Waals surface area contributed by atoms with E-state index in [4.69, 9.17) is 0 Å². The van der Waals surface area contributed by atoms with Gasteiger partial charge in [-0.2, -0.15) is 4.31 Å². The van der Waals surface area contributed by atoms with Gasteiger partial charge in [0, 0.05) is 25.2 Å². The highest BCUT2D eigenvalue weighted by atomic mass is 32.2. The number of fused-ring (bicyclic) bond motifs is 1. The SMILES string of the molecule is CC(C)CCN1C(=O)C(=Nc2ccc(S(=O)(=O)N3CCCC3)cc2)c2ccccc21. The molecule has 1 fully saturated rings. The first-order valence-electron chi connectivity index (χ1n) is 10.5. The van der Waals surface area contributed by atoms with Crippen LogP contribution in [0, 0.1) is 5.92 Å². The molecule has 2 heterocycles. The molecule has 0 unspecified atom stereocenters. The first kappa shape index (κ1) is 20.8. The Kier molecular flexibility index (Phi) is 5.75. The number of anilines is 1. The van der Waals surface area contributed by atoms with Gasteiger partial charge >= 0.3 is 0 Å². The first-order valence-corrected chi connectivity index (χ1v) is 11.9. The highest BCUT2D eigenvalue weighted by Crippen LogP contribution is 2.31. The second-order valence-electron chi connectivity index (χ2n) is 8.22. The average Bonchev–Trinajstić information content (AvgIpc) is 3.36. The van der Waals surface area contributed by atoms with Gasteiger partial charge in [0.05, 0.1) is 16.3 Å². The quantitative estimate of drug-likeness (QED) is 0.703. The minimum absolute atomic E-state index is 0.106. The van der Waals surface area contributed by atoms with Crippen LogP contribution >= 0.6 is 0 Å². The summed E-state index contributed by atoms with van der Waals surface area (Å²) in [6.07, 6.45) is 2.72. The molecule has 0 N–H and O–H groups in total. The van der Waals surface area contributed by atoms with Crippen molar-refractivity contribution in [3.05, 3.63) is 54.1 Å². The summed E-state index contributed by atoms with van der Waals surface area (Å²) in [6, 6.07) is 14.2. The lowest BCUT2D eigenvalue weighted by Crippen LogP contribution is -2.31. The molecule has 0 aliphatic carbocycles. The molecule has 0 bridgehead atoms. The van der Waals surface area contributed by atoms with Crippen molar-refractivity contribution < 1.29 is 13.2 Å². The van der Waals surface area contributed by atoms with Gasteiger partial charge in [0.2, 0.25) is 10.0 Å². The number of benzene rings is 2. The van der Waals surface area contributed by atoms with Crippen LogP contribution in [0.1, 0.15) is 38.7 Å². The number of nitrogens with zero attached hydrogens (tertiary/aromatic N) is 3. The number of carbonyl (C=O) groups is 1. The number of carbonyl (C=O) groups excluding carboxylic acids is 1. The Morgan fingerprint density at radius 2 is 1.67 bits per heavy atom. The van der Waals surface area contributed by atoms with Gasteiger partial charge < -0.3 is 4.90 Å². The van der Waals surface area contributed by atoms with Crippen molar-refractivity contribution in [3.8, 4) is 0 Å². The van der Waals surface area contributed by atoms with Crippen LogP contribution in [0.2, 0.25) is 0 Å². The summed E-state index contributed by atoms with van der Waals surface area (Å²) in [4.78, 5) is 19.7. The van der Waals surface area contributed by atoms with Crippen LogP contribution in [0.15, 0.2) is 58.4 Å². The van der Waals surface area contributed by atoms with E-state index >= 15 is 0 Å². The summed E-state index contributed by atoms with van der Waals surface area (Å²) >= 11 is 0. The predicted octanol–water partition coefficient (Wildman–Crippen LogP) is 3.98. The number of aliphatic imine (C=N–C) groups is 1. The smallest absolute Gasteiger partial charge is 0.277 e. The van der Waals surface area contributed by atoms with Crippen LogP contribution in [0.3, 0.4) is 0 Å². The molecule has 0 radical (unpaired) electrons. The van der Waals surface area contributed by atoms with E-state index in [0.717, 1.165) is 30.5 Å². The third-order valence-electron chi connectivity index (χ3n) is 5.61. The second kappa shape index (κ2) is 8.32. The summed E-state index contributed by atoms with van der Waals surface area (Å²) in [7, 11) is -3.46. The minimum Gasteiger partial charge on any atom is -0.306 e. The highest BCUT2D eigenvalue weighted by Gasteiger charge is 2.33. The highest BCUT2D eigenvalue weighted by molar-refractivity contribution is 7.89. The average molecular weight is 426 g/mol. The standard InChI is InChI=1S/C23H27N3O3S/c1-17(2)13-16-26-21-8-4-3-7-20(21)22(23(26)27)24-18-9-11-19(12-10-18)30(28,29)25-14-5-6-15-25/h3-4,7-12,17H,5-6,13-16H2,1-2H3. The van der Waals surface area contributed by atoms with Crippen LogP contribution in [0.5, 0.6) is 0 Å². The Labute approximate surface area is 178 Å². The third kappa shape index (κ3) is 3.91. The van der Waals surface area contributed by atoms with Crippen molar-refractivity contribution in [2.75, 3.05) is 24.5 Å². The fraction of sp³-hybridized carbons (Fsp3) is 0.391. The second-order valence-corrected chi connectivity index (χ2v) is 10.2. The van der Waals surface area contributed by atoms with E-state index in [0.29, 0.717) is 37.0 Å². The molecule has 0 atom stereocenters. The van der Waals surface area contributed by atoms with E-state index in [9.17, 15) is 13.2 Å². The molecule has 2 aromatic carbocycles.